The number of ether oxygens (including phenoxy) is 1. The molecule has 1 aliphatic rings. The third-order valence-electron chi connectivity index (χ3n) is 0.788. The molecule has 1 heterocycles. The van der Waals surface area contributed by atoms with Crippen LogP contribution in [0.4, 0.5) is 0 Å². The van der Waals surface area contributed by atoms with E-state index < -0.39 is 0 Å². The van der Waals surface area contributed by atoms with Gasteiger partial charge in [0.1, 0.15) is 5.78 Å². The van der Waals surface area contributed by atoms with Crippen molar-refractivity contribution in [1.82, 2.24) is 0 Å². The molecule has 0 saturated carbocycles. The topological polar surface area (TPSA) is 43.4 Å². The molecule has 10 heavy (non-hydrogen) atoms. The fraction of sp³-hybridized carbons (Fsp3) is 0.714. The normalized spacial score (nSPS) is 15.2. The lowest BCUT2D eigenvalue weighted by Crippen LogP contribution is -1.88. The van der Waals surface area contributed by atoms with Crippen molar-refractivity contribution in [2.45, 2.75) is 26.7 Å². The van der Waals surface area contributed by atoms with E-state index in [9.17, 15) is 9.59 Å². The van der Waals surface area contributed by atoms with Crippen molar-refractivity contribution in [2.75, 3.05) is 6.61 Å². The van der Waals surface area contributed by atoms with Gasteiger partial charge in [0.05, 0.1) is 6.61 Å². The number of Topliss-reactive ketones (excluding diaryl/α,β-unsaturated/α-hetero) is 1. The molecule has 0 spiro atoms. The number of carbonyl (C=O) groups excluding carboxylic acids is 2. The molecule has 0 amide bonds. The van der Waals surface area contributed by atoms with Gasteiger partial charge >= 0.3 is 5.97 Å². The van der Waals surface area contributed by atoms with Crippen molar-refractivity contribution in [3.05, 3.63) is 0 Å². The molecular formula is C7H12O3. The van der Waals surface area contributed by atoms with Crippen molar-refractivity contribution in [1.29, 1.82) is 0 Å². The molecular weight excluding hydrogens is 132 g/mol. The van der Waals surface area contributed by atoms with E-state index in [-0.39, 0.29) is 11.8 Å². The van der Waals surface area contributed by atoms with Gasteiger partial charge < -0.3 is 9.53 Å². The van der Waals surface area contributed by atoms with Crippen LogP contribution < -0.4 is 0 Å². The van der Waals surface area contributed by atoms with Crippen LogP contribution in [0.25, 0.3) is 0 Å². The largest absolute Gasteiger partial charge is 0.466 e. The maximum Gasteiger partial charge on any atom is 0.305 e. The lowest BCUT2D eigenvalue weighted by Gasteiger charge is -1.81. The number of carbonyl (C=O) groups is 2. The summed E-state index contributed by atoms with van der Waals surface area (Å²) < 4.78 is 4.51. The second kappa shape index (κ2) is 4.97. The second-order valence-corrected chi connectivity index (χ2v) is 2.23. The fourth-order valence-corrected chi connectivity index (χ4v) is 0.475. The predicted octanol–water partition coefficient (Wildman–Crippen LogP) is 0.919. The third kappa shape index (κ3) is 7.14. The molecule has 1 saturated heterocycles. The molecule has 1 aliphatic heterocycles. The van der Waals surface area contributed by atoms with Crippen molar-refractivity contribution in [2.24, 2.45) is 0 Å². The summed E-state index contributed by atoms with van der Waals surface area (Å²) in [4.78, 5) is 19.5. The van der Waals surface area contributed by atoms with Gasteiger partial charge in [-0.15, -0.1) is 0 Å². The Kier molecular flexibility index (Phi) is 4.54. The van der Waals surface area contributed by atoms with Crippen LogP contribution in [0, 0.1) is 0 Å². The maximum atomic E-state index is 10.0. The van der Waals surface area contributed by atoms with Crippen molar-refractivity contribution in [3.8, 4) is 0 Å². The van der Waals surface area contributed by atoms with E-state index in [0.29, 0.717) is 13.0 Å². The van der Waals surface area contributed by atoms with E-state index in [1.807, 2.05) is 0 Å². The Morgan fingerprint density at radius 3 is 2.10 bits per heavy atom. The summed E-state index contributed by atoms with van der Waals surface area (Å²) in [6.07, 6.45) is 1.54. The van der Waals surface area contributed by atoms with Crippen LogP contribution in [0.5, 0.6) is 0 Å². The Morgan fingerprint density at radius 1 is 1.50 bits per heavy atom. The number of hydrogen-bond acceptors (Lipinski definition) is 3. The zero-order chi connectivity index (χ0) is 7.98. The minimum absolute atomic E-state index is 0.0463. The molecule has 1 rings (SSSR count). The highest BCUT2D eigenvalue weighted by Gasteiger charge is 2.08. The van der Waals surface area contributed by atoms with Crippen LogP contribution in [-0.2, 0) is 14.3 Å². The van der Waals surface area contributed by atoms with Gasteiger partial charge in [-0.1, -0.05) is 0 Å². The van der Waals surface area contributed by atoms with Crippen molar-refractivity contribution >= 4 is 11.8 Å². The molecule has 0 N–H and O–H groups in total. The Hall–Kier alpha value is -0.860. The average Bonchev–Trinajstić information content (AvgIpc) is 2.15. The molecule has 0 atom stereocenters. The molecule has 0 aromatic rings. The number of rotatable bonds is 0. The molecule has 58 valence electrons. The zero-order valence-electron chi connectivity index (χ0n) is 6.35. The lowest BCUT2D eigenvalue weighted by atomic mass is 10.4. The monoisotopic (exact) mass is 144 g/mol. The zero-order valence-corrected chi connectivity index (χ0v) is 6.35. The first-order valence-electron chi connectivity index (χ1n) is 3.25. The first-order chi connectivity index (χ1) is 4.63. The molecule has 1 fully saturated rings. The van der Waals surface area contributed by atoms with Gasteiger partial charge in [-0.3, -0.25) is 4.79 Å². The SMILES string of the molecule is CC(C)=O.O=C1CCCO1. The molecule has 0 radical (unpaired) electrons. The average molecular weight is 144 g/mol. The molecule has 0 aliphatic carbocycles. The minimum Gasteiger partial charge on any atom is -0.466 e. The summed E-state index contributed by atoms with van der Waals surface area (Å²) >= 11 is 0. The molecule has 0 aromatic carbocycles. The van der Waals surface area contributed by atoms with Crippen molar-refractivity contribution in [3.63, 3.8) is 0 Å². The fourth-order valence-electron chi connectivity index (χ4n) is 0.475. The standard InChI is InChI=1S/C4H6O2.C3H6O/c5-4-2-1-3-6-4;1-3(2)4/h1-3H2;1-2H3. The highest BCUT2D eigenvalue weighted by Crippen LogP contribution is 2.01. The summed E-state index contributed by atoms with van der Waals surface area (Å²) in [6, 6.07) is 0. The Morgan fingerprint density at radius 2 is 2.00 bits per heavy atom. The molecule has 0 unspecified atom stereocenters. The molecule has 0 bridgehead atoms. The minimum atomic E-state index is -0.0463. The second-order valence-electron chi connectivity index (χ2n) is 2.23. The molecule has 3 nitrogen and oxygen atoms in total. The highest BCUT2D eigenvalue weighted by molar-refractivity contribution is 5.72. The summed E-state index contributed by atoms with van der Waals surface area (Å²) in [5.41, 5.74) is 0. The lowest BCUT2D eigenvalue weighted by molar-refractivity contribution is -0.137. The first-order valence-corrected chi connectivity index (χ1v) is 3.25. The Bertz CT molecular complexity index is 117. The van der Waals surface area contributed by atoms with E-state index in [4.69, 9.17) is 0 Å². The third-order valence-corrected chi connectivity index (χ3v) is 0.788. The number of hydrogen-bond donors (Lipinski definition) is 0. The summed E-state index contributed by atoms with van der Waals surface area (Å²) in [5, 5.41) is 0. The maximum absolute atomic E-state index is 10.0. The van der Waals surface area contributed by atoms with Gasteiger partial charge in [-0.05, 0) is 20.3 Å². The first kappa shape index (κ1) is 9.14. The van der Waals surface area contributed by atoms with Crippen LogP contribution in [0.3, 0.4) is 0 Å². The number of ketones is 1. The molecule has 3 heteroatoms. The van der Waals surface area contributed by atoms with Crippen LogP contribution in [0.2, 0.25) is 0 Å². The van der Waals surface area contributed by atoms with Crippen LogP contribution in [-0.4, -0.2) is 18.4 Å². The Labute approximate surface area is 60.4 Å². The number of cyclic esters (lactones) is 1. The van der Waals surface area contributed by atoms with Gasteiger partial charge in [0.2, 0.25) is 0 Å². The van der Waals surface area contributed by atoms with Crippen LogP contribution in [0.15, 0.2) is 0 Å². The number of esters is 1. The van der Waals surface area contributed by atoms with E-state index >= 15 is 0 Å². The smallest absolute Gasteiger partial charge is 0.305 e. The van der Waals surface area contributed by atoms with E-state index in [0.717, 1.165) is 6.42 Å². The van der Waals surface area contributed by atoms with Crippen molar-refractivity contribution < 1.29 is 14.3 Å². The van der Waals surface area contributed by atoms with Gasteiger partial charge in [0.25, 0.3) is 0 Å². The van der Waals surface area contributed by atoms with Gasteiger partial charge in [-0.25, -0.2) is 0 Å². The van der Waals surface area contributed by atoms with E-state index in [1.165, 1.54) is 13.8 Å². The highest BCUT2D eigenvalue weighted by atomic mass is 16.5. The van der Waals surface area contributed by atoms with Gasteiger partial charge in [0.15, 0.2) is 0 Å². The predicted molar refractivity (Wildman–Crippen MR) is 36.5 cm³/mol. The van der Waals surface area contributed by atoms with E-state index in [1.54, 1.807) is 0 Å². The quantitative estimate of drug-likeness (QED) is 0.475. The van der Waals surface area contributed by atoms with Gasteiger partial charge in [0, 0.05) is 6.42 Å². The van der Waals surface area contributed by atoms with Gasteiger partial charge in [-0.2, -0.15) is 0 Å². The van der Waals surface area contributed by atoms with E-state index in [2.05, 4.69) is 4.74 Å². The van der Waals surface area contributed by atoms with Crippen LogP contribution >= 0.6 is 0 Å². The molecule has 0 aromatic heterocycles. The summed E-state index contributed by atoms with van der Waals surface area (Å²) in [7, 11) is 0. The summed E-state index contributed by atoms with van der Waals surface area (Å²) in [5.74, 6) is 0.120. The Balaban J connectivity index is 0.000000180. The van der Waals surface area contributed by atoms with Crippen LogP contribution in [0.1, 0.15) is 26.7 Å². The summed E-state index contributed by atoms with van der Waals surface area (Å²) in [6.45, 7) is 3.69.